The summed E-state index contributed by atoms with van der Waals surface area (Å²) in [7, 11) is -0.762. The number of halogens is 1. The molecule has 0 unspecified atom stereocenters. The number of nitrogens with one attached hydrogen (secondary N) is 2. The lowest BCUT2D eigenvalue weighted by Gasteiger charge is -2.36. The van der Waals surface area contributed by atoms with Gasteiger partial charge < -0.3 is 15.1 Å². The minimum absolute atomic E-state index is 0.0397. The van der Waals surface area contributed by atoms with Crippen LogP contribution in [0.2, 0.25) is 5.02 Å². The first-order chi connectivity index (χ1) is 26.4. The number of aryl methyl sites for hydroxylation is 1. The highest BCUT2D eigenvalue weighted by Crippen LogP contribution is 2.28. The lowest BCUT2D eigenvalue weighted by atomic mass is 9.99. The number of carbonyl (C=O) groups excluding carboxylic acids is 2. The van der Waals surface area contributed by atoms with Gasteiger partial charge in [-0.15, -0.1) is 0 Å². The molecule has 55 heavy (non-hydrogen) atoms. The zero-order chi connectivity index (χ0) is 39.0. The monoisotopic (exact) mass is 797 g/mol. The van der Waals surface area contributed by atoms with Gasteiger partial charge in [0.15, 0.2) is 5.16 Å². The number of rotatable bonds is 14. The first-order valence-electron chi connectivity index (χ1n) is 17.9. The average Bonchev–Trinajstić information content (AvgIpc) is 3.19. The number of carbonyl (C=O) groups is 2. The van der Waals surface area contributed by atoms with Crippen LogP contribution in [-0.4, -0.2) is 92.1 Å². The molecule has 11 nitrogen and oxygen atoms in total. The number of amides is 2. The minimum atomic E-state index is -4.17. The van der Waals surface area contributed by atoms with Crippen LogP contribution in [-0.2, 0) is 21.4 Å². The number of piperazine rings is 1. The molecule has 0 aliphatic carbocycles. The molecule has 1 saturated heterocycles. The van der Waals surface area contributed by atoms with Crippen LogP contribution < -0.4 is 14.9 Å². The normalized spacial score (nSPS) is 13.9. The Bertz CT molecular complexity index is 2200. The molecule has 286 valence electrons. The predicted octanol–water partition coefficient (Wildman–Crippen LogP) is 6.60. The van der Waals surface area contributed by atoms with E-state index in [4.69, 9.17) is 11.6 Å². The highest BCUT2D eigenvalue weighted by molar-refractivity contribution is 7.99. The SMILES string of the molecule is Cc1cc(S(=O)(=O)NC(=O)c2ccc(N3CCN(Cc4ccccc4-c4ccc(Cl)cc4)CC3)cc2)ccc1N[C@@H](CSc1ncccn1)CC(=O)N(C)C. The fourth-order valence-electron chi connectivity index (χ4n) is 6.30. The summed E-state index contributed by atoms with van der Waals surface area (Å²) in [4.78, 5) is 40.4. The van der Waals surface area contributed by atoms with E-state index in [-0.39, 0.29) is 28.8 Å². The molecule has 1 atom stereocenters. The Hall–Kier alpha value is -4.95. The second kappa shape index (κ2) is 18.1. The summed E-state index contributed by atoms with van der Waals surface area (Å²) in [5, 5.41) is 4.70. The van der Waals surface area contributed by atoms with Crippen LogP contribution in [0.4, 0.5) is 11.4 Å². The van der Waals surface area contributed by atoms with Crippen LogP contribution in [0.5, 0.6) is 0 Å². The Morgan fingerprint density at radius 3 is 2.25 bits per heavy atom. The Balaban J connectivity index is 1.03. The van der Waals surface area contributed by atoms with Gasteiger partial charge in [-0.05, 0) is 89.8 Å². The van der Waals surface area contributed by atoms with E-state index in [1.807, 2.05) is 24.3 Å². The van der Waals surface area contributed by atoms with E-state index in [2.05, 4.69) is 66.2 Å². The molecule has 0 saturated carbocycles. The summed E-state index contributed by atoms with van der Waals surface area (Å²) in [5.41, 5.74) is 6.14. The third-order valence-corrected chi connectivity index (χ3v) is 12.0. The first-order valence-corrected chi connectivity index (χ1v) is 20.8. The van der Waals surface area contributed by atoms with Crippen LogP contribution in [0.1, 0.15) is 27.9 Å². The molecule has 14 heteroatoms. The maximum Gasteiger partial charge on any atom is 0.264 e. The van der Waals surface area contributed by atoms with E-state index in [0.29, 0.717) is 27.2 Å². The van der Waals surface area contributed by atoms with Gasteiger partial charge in [-0.1, -0.05) is 59.8 Å². The van der Waals surface area contributed by atoms with E-state index < -0.39 is 15.9 Å². The number of sulfonamides is 1. The number of hydrogen-bond acceptors (Lipinski definition) is 10. The van der Waals surface area contributed by atoms with Gasteiger partial charge in [-0.25, -0.2) is 23.1 Å². The molecule has 6 rings (SSSR count). The van der Waals surface area contributed by atoms with Gasteiger partial charge in [0.05, 0.1) is 4.90 Å². The maximum absolute atomic E-state index is 13.3. The van der Waals surface area contributed by atoms with Crippen molar-refractivity contribution in [3.63, 3.8) is 0 Å². The molecular weight excluding hydrogens is 754 g/mol. The van der Waals surface area contributed by atoms with Crippen LogP contribution in [0, 0.1) is 6.92 Å². The Morgan fingerprint density at radius 2 is 1.58 bits per heavy atom. The van der Waals surface area contributed by atoms with E-state index in [0.717, 1.165) is 44.0 Å². The van der Waals surface area contributed by atoms with Gasteiger partial charge in [0, 0.05) is 99.4 Å². The molecule has 2 heterocycles. The zero-order valence-corrected chi connectivity index (χ0v) is 33.4. The Labute approximate surface area is 332 Å². The van der Waals surface area contributed by atoms with Crippen molar-refractivity contribution in [1.82, 2.24) is 24.5 Å². The van der Waals surface area contributed by atoms with Crippen molar-refractivity contribution in [2.24, 2.45) is 0 Å². The molecule has 2 N–H and O–H groups in total. The number of benzene rings is 4. The fourth-order valence-corrected chi connectivity index (χ4v) is 8.31. The Morgan fingerprint density at radius 1 is 0.891 bits per heavy atom. The number of thioether (sulfide) groups is 1. The molecule has 1 aliphatic rings. The van der Waals surface area contributed by atoms with Gasteiger partial charge >= 0.3 is 0 Å². The first kappa shape index (κ1) is 39.7. The van der Waals surface area contributed by atoms with E-state index in [1.54, 1.807) is 57.7 Å². The summed E-state index contributed by atoms with van der Waals surface area (Å²) < 4.78 is 28.9. The molecule has 1 fully saturated rings. The molecule has 0 bridgehead atoms. The standard InChI is InChI=1S/C41H44ClN7O4S2/c1-29-25-36(17-18-38(29)45-34(26-39(50)47(2)3)28-54-41-43-19-6-20-44-41)55(52,53)46-40(51)31-11-15-35(16-12-31)49-23-21-48(22-24-49)27-32-7-4-5-8-37(32)30-9-13-33(42)14-10-30/h4-20,25,34,45H,21-24,26-28H2,1-3H3,(H,46,51)/t34-/m1/s1. The number of anilines is 2. The summed E-state index contributed by atoms with van der Waals surface area (Å²) >= 11 is 7.54. The molecule has 2 amide bonds. The summed E-state index contributed by atoms with van der Waals surface area (Å²) in [6, 6.07) is 29.5. The molecule has 1 aromatic heterocycles. The van der Waals surface area contributed by atoms with Gasteiger partial charge in [0.2, 0.25) is 5.91 Å². The van der Waals surface area contributed by atoms with Gasteiger partial charge in [-0.3, -0.25) is 14.5 Å². The highest BCUT2D eigenvalue weighted by atomic mass is 35.5. The fraction of sp³-hybridized carbons (Fsp3) is 0.268. The zero-order valence-electron chi connectivity index (χ0n) is 31.0. The molecule has 4 aromatic carbocycles. The molecule has 0 spiro atoms. The molecule has 1 aliphatic heterocycles. The van der Waals surface area contributed by atoms with Crippen molar-refractivity contribution in [3.05, 3.63) is 131 Å². The van der Waals surface area contributed by atoms with Crippen molar-refractivity contribution >= 4 is 56.6 Å². The highest BCUT2D eigenvalue weighted by Gasteiger charge is 2.23. The van der Waals surface area contributed by atoms with Gasteiger partial charge in [0.1, 0.15) is 0 Å². The van der Waals surface area contributed by atoms with Crippen LogP contribution in [0.3, 0.4) is 0 Å². The third-order valence-electron chi connectivity index (χ3n) is 9.40. The lowest BCUT2D eigenvalue weighted by molar-refractivity contribution is -0.128. The number of nitrogens with zero attached hydrogens (tertiary/aromatic N) is 5. The second-order valence-electron chi connectivity index (χ2n) is 13.6. The summed E-state index contributed by atoms with van der Waals surface area (Å²) in [6.07, 6.45) is 3.54. The van der Waals surface area contributed by atoms with E-state index in [1.165, 1.54) is 39.9 Å². The number of aromatic nitrogens is 2. The van der Waals surface area contributed by atoms with Crippen molar-refractivity contribution < 1.29 is 18.0 Å². The van der Waals surface area contributed by atoms with Crippen molar-refractivity contribution in [2.45, 2.75) is 36.0 Å². The van der Waals surface area contributed by atoms with E-state index >= 15 is 0 Å². The van der Waals surface area contributed by atoms with Crippen molar-refractivity contribution in [3.8, 4) is 11.1 Å². The smallest absolute Gasteiger partial charge is 0.264 e. The summed E-state index contributed by atoms with van der Waals surface area (Å²) in [5.74, 6) is -0.251. The largest absolute Gasteiger partial charge is 0.381 e. The average molecular weight is 798 g/mol. The molecule has 0 radical (unpaired) electrons. The summed E-state index contributed by atoms with van der Waals surface area (Å²) in [6.45, 7) is 6.00. The van der Waals surface area contributed by atoms with Crippen molar-refractivity contribution in [1.29, 1.82) is 0 Å². The maximum atomic E-state index is 13.3. The molecule has 5 aromatic rings. The Kier molecular flexibility index (Phi) is 13.1. The van der Waals surface area contributed by atoms with E-state index in [9.17, 15) is 18.0 Å². The lowest BCUT2D eigenvalue weighted by Crippen LogP contribution is -2.46. The van der Waals surface area contributed by atoms with Gasteiger partial charge in [-0.2, -0.15) is 0 Å². The minimum Gasteiger partial charge on any atom is -0.381 e. The van der Waals surface area contributed by atoms with Gasteiger partial charge in [0.25, 0.3) is 15.9 Å². The van der Waals surface area contributed by atoms with Crippen LogP contribution >= 0.6 is 23.4 Å². The quantitative estimate of drug-likeness (QED) is 0.0938. The molecular formula is C41H44ClN7O4S2. The third kappa shape index (κ3) is 10.6. The predicted molar refractivity (Wildman–Crippen MR) is 220 cm³/mol. The van der Waals surface area contributed by atoms with Crippen LogP contribution in [0.25, 0.3) is 11.1 Å². The topological polar surface area (TPSA) is 128 Å². The number of hydrogen-bond donors (Lipinski definition) is 2. The van der Waals surface area contributed by atoms with Crippen molar-refractivity contribution in [2.75, 3.05) is 56.2 Å². The second-order valence-corrected chi connectivity index (χ2v) is 16.7. The van der Waals surface area contributed by atoms with Crippen LogP contribution in [0.15, 0.2) is 120 Å².